The van der Waals surface area contributed by atoms with Crippen LogP contribution in [-0.4, -0.2) is 21.1 Å². The van der Waals surface area contributed by atoms with E-state index in [0.717, 1.165) is 25.3 Å². The Morgan fingerprint density at radius 2 is 2.16 bits per heavy atom. The molecule has 2 heterocycles. The summed E-state index contributed by atoms with van der Waals surface area (Å²) in [6, 6.07) is 2.28. The van der Waals surface area contributed by atoms with E-state index >= 15 is 0 Å². The van der Waals surface area contributed by atoms with Crippen LogP contribution in [0.5, 0.6) is 0 Å². The minimum Gasteiger partial charge on any atom is -0.333 e. The summed E-state index contributed by atoms with van der Waals surface area (Å²) >= 11 is 0. The van der Waals surface area contributed by atoms with Crippen molar-refractivity contribution in [3.63, 3.8) is 0 Å². The van der Waals surface area contributed by atoms with E-state index in [4.69, 9.17) is 0 Å². The largest absolute Gasteiger partial charge is 0.333 e. The highest BCUT2D eigenvalue weighted by atomic mass is 15.1. The van der Waals surface area contributed by atoms with Crippen molar-refractivity contribution in [2.24, 2.45) is 0 Å². The van der Waals surface area contributed by atoms with E-state index in [1.807, 2.05) is 24.8 Å². The summed E-state index contributed by atoms with van der Waals surface area (Å²) in [5.74, 6) is 1.07. The van der Waals surface area contributed by atoms with Crippen LogP contribution < -0.4 is 5.32 Å². The van der Waals surface area contributed by atoms with Crippen LogP contribution in [0.15, 0.2) is 30.9 Å². The van der Waals surface area contributed by atoms with E-state index in [-0.39, 0.29) is 6.04 Å². The Bertz CT molecular complexity index is 518. The lowest BCUT2D eigenvalue weighted by Crippen LogP contribution is -2.25. The van der Waals surface area contributed by atoms with Crippen LogP contribution >= 0.6 is 0 Å². The summed E-state index contributed by atoms with van der Waals surface area (Å²) in [5.41, 5.74) is 2.35. The lowest BCUT2D eigenvalue weighted by molar-refractivity contribution is 0.543. The Balaban J connectivity index is 2.36. The van der Waals surface area contributed by atoms with Crippen molar-refractivity contribution in [2.45, 2.75) is 39.8 Å². The molecule has 0 fully saturated rings. The van der Waals surface area contributed by atoms with E-state index in [2.05, 4.69) is 46.7 Å². The summed E-state index contributed by atoms with van der Waals surface area (Å²) < 4.78 is 2.22. The van der Waals surface area contributed by atoms with Crippen LogP contribution in [0.2, 0.25) is 0 Å². The van der Waals surface area contributed by atoms with Crippen LogP contribution in [0.3, 0.4) is 0 Å². The van der Waals surface area contributed by atoms with Gasteiger partial charge in [0.25, 0.3) is 0 Å². The van der Waals surface area contributed by atoms with Crippen molar-refractivity contribution >= 4 is 0 Å². The molecular weight excluding hydrogens is 236 g/mol. The second-order valence-electron chi connectivity index (χ2n) is 4.77. The van der Waals surface area contributed by atoms with Crippen LogP contribution in [0.1, 0.15) is 43.3 Å². The summed E-state index contributed by atoms with van der Waals surface area (Å²) in [6.07, 6.45) is 8.83. The molecule has 2 aromatic heterocycles. The standard InChI is InChI=1S/C15H22N4/c1-4-7-19-8-6-18-15(19)14(17-5-2)13-9-12(3)10-16-11-13/h6,8-11,14,17H,4-5,7H2,1-3H3. The van der Waals surface area contributed by atoms with Gasteiger partial charge in [-0.25, -0.2) is 4.98 Å². The van der Waals surface area contributed by atoms with E-state index < -0.39 is 0 Å². The highest BCUT2D eigenvalue weighted by Gasteiger charge is 2.18. The lowest BCUT2D eigenvalue weighted by atomic mass is 10.1. The van der Waals surface area contributed by atoms with Gasteiger partial charge in [-0.2, -0.15) is 0 Å². The Labute approximate surface area is 114 Å². The second kappa shape index (κ2) is 6.48. The molecular formula is C15H22N4. The zero-order chi connectivity index (χ0) is 13.7. The first-order valence-electron chi connectivity index (χ1n) is 6.92. The first kappa shape index (κ1) is 13.7. The van der Waals surface area contributed by atoms with Crippen LogP contribution in [0, 0.1) is 6.92 Å². The van der Waals surface area contributed by atoms with Gasteiger partial charge >= 0.3 is 0 Å². The Morgan fingerprint density at radius 3 is 2.84 bits per heavy atom. The molecule has 0 bridgehead atoms. The topological polar surface area (TPSA) is 42.7 Å². The summed E-state index contributed by atoms with van der Waals surface area (Å²) in [6.45, 7) is 8.26. The molecule has 0 aromatic carbocycles. The number of hydrogen-bond donors (Lipinski definition) is 1. The average Bonchev–Trinajstić information content (AvgIpc) is 2.84. The van der Waals surface area contributed by atoms with Gasteiger partial charge in [0.1, 0.15) is 5.82 Å². The van der Waals surface area contributed by atoms with Gasteiger partial charge in [-0.1, -0.05) is 19.9 Å². The maximum absolute atomic E-state index is 4.53. The fourth-order valence-electron chi connectivity index (χ4n) is 2.31. The fraction of sp³-hybridized carbons (Fsp3) is 0.467. The van der Waals surface area contributed by atoms with Gasteiger partial charge in [0.2, 0.25) is 0 Å². The molecule has 4 nitrogen and oxygen atoms in total. The number of rotatable bonds is 6. The minimum absolute atomic E-state index is 0.110. The Kier molecular flexibility index (Phi) is 4.68. The highest BCUT2D eigenvalue weighted by molar-refractivity contribution is 5.25. The van der Waals surface area contributed by atoms with E-state index in [9.17, 15) is 0 Å². The average molecular weight is 258 g/mol. The van der Waals surface area contributed by atoms with Crippen molar-refractivity contribution in [3.8, 4) is 0 Å². The molecule has 2 rings (SSSR count). The molecule has 0 radical (unpaired) electrons. The Morgan fingerprint density at radius 1 is 1.32 bits per heavy atom. The molecule has 1 unspecified atom stereocenters. The molecule has 2 aromatic rings. The summed E-state index contributed by atoms with van der Waals surface area (Å²) in [5, 5.41) is 3.50. The lowest BCUT2D eigenvalue weighted by Gasteiger charge is -2.19. The third-order valence-electron chi connectivity index (χ3n) is 3.11. The molecule has 0 spiro atoms. The Hall–Kier alpha value is -1.68. The van der Waals surface area contributed by atoms with E-state index in [0.29, 0.717) is 0 Å². The highest BCUT2D eigenvalue weighted by Crippen LogP contribution is 2.21. The molecule has 0 amide bonds. The third kappa shape index (κ3) is 3.20. The molecule has 1 N–H and O–H groups in total. The van der Waals surface area contributed by atoms with Crippen LogP contribution in [0.25, 0.3) is 0 Å². The molecule has 1 atom stereocenters. The molecule has 0 aliphatic heterocycles. The van der Waals surface area contributed by atoms with E-state index in [1.165, 1.54) is 11.1 Å². The van der Waals surface area contributed by atoms with Gasteiger partial charge in [0.15, 0.2) is 0 Å². The summed E-state index contributed by atoms with van der Waals surface area (Å²) in [7, 11) is 0. The first-order valence-corrected chi connectivity index (χ1v) is 6.92. The van der Waals surface area contributed by atoms with Gasteiger partial charge in [-0.3, -0.25) is 4.98 Å². The number of nitrogens with one attached hydrogen (secondary N) is 1. The number of imidazole rings is 1. The monoisotopic (exact) mass is 258 g/mol. The van der Waals surface area contributed by atoms with Crippen molar-refractivity contribution in [3.05, 3.63) is 47.8 Å². The zero-order valence-corrected chi connectivity index (χ0v) is 11.9. The molecule has 4 heteroatoms. The first-order chi connectivity index (χ1) is 9.26. The van der Waals surface area contributed by atoms with E-state index in [1.54, 1.807) is 0 Å². The van der Waals surface area contributed by atoms with Gasteiger partial charge in [-0.15, -0.1) is 0 Å². The van der Waals surface area contributed by atoms with Gasteiger partial charge in [0.05, 0.1) is 6.04 Å². The number of nitrogens with zero attached hydrogens (tertiary/aromatic N) is 3. The molecule has 0 aliphatic rings. The molecule has 19 heavy (non-hydrogen) atoms. The summed E-state index contributed by atoms with van der Waals surface area (Å²) in [4.78, 5) is 8.83. The number of aryl methyl sites for hydroxylation is 2. The SMILES string of the molecule is CCCn1ccnc1C(NCC)c1cncc(C)c1. The molecule has 0 saturated heterocycles. The quantitative estimate of drug-likeness (QED) is 0.866. The number of hydrogen-bond acceptors (Lipinski definition) is 3. The second-order valence-corrected chi connectivity index (χ2v) is 4.77. The predicted molar refractivity (Wildman–Crippen MR) is 77.0 cm³/mol. The normalized spacial score (nSPS) is 12.6. The smallest absolute Gasteiger partial charge is 0.130 e. The number of pyridine rings is 1. The third-order valence-corrected chi connectivity index (χ3v) is 3.11. The molecule has 0 saturated carbocycles. The minimum atomic E-state index is 0.110. The van der Waals surface area contributed by atoms with Crippen molar-refractivity contribution in [1.29, 1.82) is 0 Å². The van der Waals surface area contributed by atoms with Crippen molar-refractivity contribution in [1.82, 2.24) is 19.9 Å². The number of aromatic nitrogens is 3. The van der Waals surface area contributed by atoms with Crippen molar-refractivity contribution in [2.75, 3.05) is 6.54 Å². The molecule has 102 valence electrons. The maximum atomic E-state index is 4.53. The predicted octanol–water partition coefficient (Wildman–Crippen LogP) is 2.70. The maximum Gasteiger partial charge on any atom is 0.130 e. The van der Waals surface area contributed by atoms with Crippen LogP contribution in [-0.2, 0) is 6.54 Å². The zero-order valence-electron chi connectivity index (χ0n) is 11.9. The van der Waals surface area contributed by atoms with Gasteiger partial charge < -0.3 is 9.88 Å². The van der Waals surface area contributed by atoms with Crippen LogP contribution in [0.4, 0.5) is 0 Å². The van der Waals surface area contributed by atoms with Gasteiger partial charge in [-0.05, 0) is 31.0 Å². The van der Waals surface area contributed by atoms with Crippen molar-refractivity contribution < 1.29 is 0 Å². The fourth-order valence-corrected chi connectivity index (χ4v) is 2.31. The molecule has 0 aliphatic carbocycles. The van der Waals surface area contributed by atoms with Gasteiger partial charge in [0, 0.05) is 31.3 Å².